The minimum absolute atomic E-state index is 0.128. The first kappa shape index (κ1) is 20.8. The fourth-order valence-electron chi connectivity index (χ4n) is 2.54. The number of hydrogen-bond acceptors (Lipinski definition) is 5. The van der Waals surface area contributed by atoms with Crippen molar-refractivity contribution in [1.82, 2.24) is 10.3 Å². The van der Waals surface area contributed by atoms with E-state index in [1.54, 1.807) is 42.7 Å². The van der Waals surface area contributed by atoms with E-state index in [2.05, 4.69) is 31.0 Å². The minimum atomic E-state index is -3.97. The van der Waals surface area contributed by atoms with Gasteiger partial charge in [-0.3, -0.25) is 14.5 Å². The second-order valence-corrected chi connectivity index (χ2v) is 8.59. The molecule has 29 heavy (non-hydrogen) atoms. The van der Waals surface area contributed by atoms with E-state index < -0.39 is 15.9 Å². The lowest BCUT2D eigenvalue weighted by Crippen LogP contribution is -2.23. The summed E-state index contributed by atoms with van der Waals surface area (Å²) in [5.74, 6) is -0.269. The third kappa shape index (κ3) is 5.33. The molecule has 9 heteroatoms. The van der Waals surface area contributed by atoms with Crippen LogP contribution in [0.5, 0.6) is 5.75 Å². The molecule has 1 amide bonds. The summed E-state index contributed by atoms with van der Waals surface area (Å²) in [6, 6.07) is 14.5. The molecule has 3 aromatic rings. The number of amides is 1. The van der Waals surface area contributed by atoms with Crippen LogP contribution >= 0.6 is 15.9 Å². The summed E-state index contributed by atoms with van der Waals surface area (Å²) in [7, 11) is -2.60. The highest BCUT2D eigenvalue weighted by atomic mass is 79.9. The fraction of sp³-hybridized carbons (Fsp3) is 0.100. The lowest BCUT2D eigenvalue weighted by Gasteiger charge is -2.13. The number of pyridine rings is 1. The van der Waals surface area contributed by atoms with E-state index >= 15 is 0 Å². The van der Waals surface area contributed by atoms with E-state index in [4.69, 9.17) is 4.74 Å². The lowest BCUT2D eigenvalue weighted by molar-refractivity contribution is 0.0950. The van der Waals surface area contributed by atoms with Gasteiger partial charge in [0.2, 0.25) is 0 Å². The van der Waals surface area contributed by atoms with Crippen LogP contribution in [0.2, 0.25) is 0 Å². The molecule has 0 saturated carbocycles. The first-order valence-electron chi connectivity index (χ1n) is 8.52. The maximum atomic E-state index is 12.9. The van der Waals surface area contributed by atoms with Crippen LogP contribution in [-0.2, 0) is 16.6 Å². The van der Waals surface area contributed by atoms with E-state index in [0.717, 1.165) is 10.0 Å². The molecule has 1 aromatic heterocycles. The molecule has 0 atom stereocenters. The molecule has 150 valence electrons. The van der Waals surface area contributed by atoms with Crippen LogP contribution in [0, 0.1) is 0 Å². The normalized spacial score (nSPS) is 11.0. The average Bonchev–Trinajstić information content (AvgIpc) is 2.73. The Kier molecular flexibility index (Phi) is 6.50. The number of hydrogen-bond donors (Lipinski definition) is 2. The molecule has 1 heterocycles. The topological polar surface area (TPSA) is 97.4 Å². The first-order valence-corrected chi connectivity index (χ1v) is 10.8. The van der Waals surface area contributed by atoms with Crippen molar-refractivity contribution >= 4 is 37.5 Å². The molecule has 7 nitrogen and oxygen atoms in total. The van der Waals surface area contributed by atoms with E-state index in [-0.39, 0.29) is 22.8 Å². The van der Waals surface area contributed by atoms with E-state index in [1.807, 2.05) is 6.07 Å². The largest absolute Gasteiger partial charge is 0.495 e. The second-order valence-electron chi connectivity index (χ2n) is 6.02. The summed E-state index contributed by atoms with van der Waals surface area (Å²) < 4.78 is 34.3. The van der Waals surface area contributed by atoms with Gasteiger partial charge in [-0.1, -0.05) is 22.0 Å². The number of ether oxygens (including phenoxy) is 1. The predicted molar refractivity (Wildman–Crippen MR) is 113 cm³/mol. The number of nitrogens with one attached hydrogen (secondary N) is 2. The summed E-state index contributed by atoms with van der Waals surface area (Å²) >= 11 is 3.30. The van der Waals surface area contributed by atoms with Crippen molar-refractivity contribution in [3.8, 4) is 5.75 Å². The average molecular weight is 476 g/mol. The maximum Gasteiger partial charge on any atom is 0.265 e. The molecule has 2 aromatic carbocycles. The summed E-state index contributed by atoms with van der Waals surface area (Å²) in [4.78, 5) is 16.4. The van der Waals surface area contributed by atoms with Gasteiger partial charge in [-0.05, 0) is 54.1 Å². The number of carbonyl (C=O) groups is 1. The lowest BCUT2D eigenvalue weighted by atomic mass is 10.2. The SMILES string of the molecule is COc1ccc(C(=O)NCc2cccnc2)cc1S(=O)(=O)Nc1ccc(Br)cc1. The number of anilines is 1. The van der Waals surface area contributed by atoms with Crippen molar-refractivity contribution in [1.29, 1.82) is 0 Å². The van der Waals surface area contributed by atoms with Crippen LogP contribution in [-0.4, -0.2) is 26.4 Å². The van der Waals surface area contributed by atoms with Gasteiger partial charge in [-0.2, -0.15) is 0 Å². The Bertz CT molecular complexity index is 1100. The number of halogens is 1. The maximum absolute atomic E-state index is 12.9. The van der Waals surface area contributed by atoms with Gasteiger partial charge >= 0.3 is 0 Å². The van der Waals surface area contributed by atoms with Gasteiger partial charge in [-0.15, -0.1) is 0 Å². The van der Waals surface area contributed by atoms with Crippen LogP contribution in [0.1, 0.15) is 15.9 Å². The molecule has 0 bridgehead atoms. The highest BCUT2D eigenvalue weighted by molar-refractivity contribution is 9.10. The van der Waals surface area contributed by atoms with Crippen LogP contribution < -0.4 is 14.8 Å². The van der Waals surface area contributed by atoms with Gasteiger partial charge in [0.05, 0.1) is 7.11 Å². The molecule has 0 radical (unpaired) electrons. The summed E-state index contributed by atoms with van der Waals surface area (Å²) in [6.07, 6.45) is 3.29. The number of methoxy groups -OCH3 is 1. The molecule has 0 aliphatic heterocycles. The highest BCUT2D eigenvalue weighted by Crippen LogP contribution is 2.27. The Morgan fingerprint density at radius 3 is 2.55 bits per heavy atom. The third-order valence-corrected chi connectivity index (χ3v) is 5.92. The minimum Gasteiger partial charge on any atom is -0.495 e. The molecule has 0 unspecified atom stereocenters. The number of nitrogens with zero attached hydrogens (tertiary/aromatic N) is 1. The highest BCUT2D eigenvalue weighted by Gasteiger charge is 2.22. The van der Waals surface area contributed by atoms with Gasteiger partial charge in [0.15, 0.2) is 0 Å². The molecule has 0 aliphatic carbocycles. The zero-order chi connectivity index (χ0) is 20.9. The van der Waals surface area contributed by atoms with Crippen LogP contribution in [0.25, 0.3) is 0 Å². The smallest absolute Gasteiger partial charge is 0.265 e. The van der Waals surface area contributed by atoms with E-state index in [0.29, 0.717) is 5.69 Å². The van der Waals surface area contributed by atoms with Gasteiger partial charge in [0, 0.05) is 34.7 Å². The van der Waals surface area contributed by atoms with Crippen molar-refractivity contribution in [3.63, 3.8) is 0 Å². The van der Waals surface area contributed by atoms with E-state index in [1.165, 1.54) is 25.3 Å². The molecule has 0 spiro atoms. The molecular formula is C20H18BrN3O4S. The van der Waals surface area contributed by atoms with Crippen molar-refractivity contribution in [2.45, 2.75) is 11.4 Å². The Morgan fingerprint density at radius 1 is 1.14 bits per heavy atom. The quantitative estimate of drug-likeness (QED) is 0.544. The van der Waals surface area contributed by atoms with Gasteiger partial charge < -0.3 is 10.1 Å². The van der Waals surface area contributed by atoms with Crippen molar-refractivity contribution in [2.75, 3.05) is 11.8 Å². The van der Waals surface area contributed by atoms with Crippen LogP contribution in [0.15, 0.2) is 76.4 Å². The third-order valence-electron chi connectivity index (χ3n) is 3.99. The molecule has 0 saturated heterocycles. The molecule has 2 N–H and O–H groups in total. The van der Waals surface area contributed by atoms with Gasteiger partial charge in [0.25, 0.3) is 15.9 Å². The number of sulfonamides is 1. The van der Waals surface area contributed by atoms with Gasteiger partial charge in [-0.25, -0.2) is 8.42 Å². The van der Waals surface area contributed by atoms with Crippen molar-refractivity contribution in [3.05, 3.63) is 82.6 Å². The van der Waals surface area contributed by atoms with Crippen molar-refractivity contribution < 1.29 is 17.9 Å². The van der Waals surface area contributed by atoms with Crippen LogP contribution in [0.4, 0.5) is 5.69 Å². The summed E-state index contributed by atoms with van der Waals surface area (Å²) in [5, 5.41) is 2.75. The van der Waals surface area contributed by atoms with E-state index in [9.17, 15) is 13.2 Å². The number of aromatic nitrogens is 1. The van der Waals surface area contributed by atoms with Gasteiger partial charge in [0.1, 0.15) is 10.6 Å². The summed E-state index contributed by atoms with van der Waals surface area (Å²) in [6.45, 7) is 0.276. The number of benzene rings is 2. The second kappa shape index (κ2) is 9.06. The standard InChI is InChI=1S/C20H18BrN3O4S/c1-28-18-9-4-15(20(25)23-13-14-3-2-10-22-12-14)11-19(18)29(26,27)24-17-7-5-16(21)6-8-17/h2-12,24H,13H2,1H3,(H,23,25). The Labute approximate surface area is 177 Å². The first-order chi connectivity index (χ1) is 13.9. The Balaban J connectivity index is 1.84. The zero-order valence-electron chi connectivity index (χ0n) is 15.4. The number of rotatable bonds is 7. The molecular weight excluding hydrogens is 458 g/mol. The molecule has 0 aliphatic rings. The number of carbonyl (C=O) groups excluding carboxylic acids is 1. The Hall–Kier alpha value is -2.91. The van der Waals surface area contributed by atoms with Crippen molar-refractivity contribution in [2.24, 2.45) is 0 Å². The monoisotopic (exact) mass is 475 g/mol. The predicted octanol–water partition coefficient (Wildman–Crippen LogP) is 3.58. The molecule has 3 rings (SSSR count). The zero-order valence-corrected chi connectivity index (χ0v) is 17.8. The van der Waals surface area contributed by atoms with Crippen LogP contribution in [0.3, 0.4) is 0 Å². The Morgan fingerprint density at radius 2 is 1.90 bits per heavy atom. The fourth-order valence-corrected chi connectivity index (χ4v) is 4.06. The summed E-state index contributed by atoms with van der Waals surface area (Å²) in [5.41, 5.74) is 1.42. The molecule has 0 fully saturated rings.